The topological polar surface area (TPSA) is 36.4 Å². The van der Waals surface area contributed by atoms with E-state index < -0.39 is 0 Å². The van der Waals surface area contributed by atoms with Crippen LogP contribution in [0.2, 0.25) is 0 Å². The van der Waals surface area contributed by atoms with Gasteiger partial charge in [0, 0.05) is 18.4 Å². The van der Waals surface area contributed by atoms with Gasteiger partial charge < -0.3 is 10.0 Å². The number of fused-ring (bicyclic) bond motifs is 1. The van der Waals surface area contributed by atoms with Gasteiger partial charge in [-0.05, 0) is 49.1 Å². The van der Waals surface area contributed by atoms with Crippen molar-refractivity contribution in [1.29, 1.82) is 0 Å². The van der Waals surface area contributed by atoms with Crippen molar-refractivity contribution < 1.29 is 5.11 Å². The first kappa shape index (κ1) is 12.2. The van der Waals surface area contributed by atoms with Gasteiger partial charge in [0.2, 0.25) is 0 Å². The second-order valence-electron chi connectivity index (χ2n) is 5.07. The zero-order valence-electron chi connectivity index (χ0n) is 11.1. The summed E-state index contributed by atoms with van der Waals surface area (Å²) in [5, 5.41) is 9.25. The molecule has 3 rings (SSSR count). The fourth-order valence-electron chi connectivity index (χ4n) is 2.67. The van der Waals surface area contributed by atoms with Crippen molar-refractivity contribution >= 4 is 11.5 Å². The van der Waals surface area contributed by atoms with E-state index in [9.17, 15) is 5.11 Å². The van der Waals surface area contributed by atoms with E-state index in [1.165, 1.54) is 16.8 Å². The number of aryl methyl sites for hydroxylation is 2. The van der Waals surface area contributed by atoms with Gasteiger partial charge in [-0.25, -0.2) is 4.98 Å². The van der Waals surface area contributed by atoms with Gasteiger partial charge in [0.1, 0.15) is 5.82 Å². The van der Waals surface area contributed by atoms with E-state index in [-0.39, 0.29) is 6.61 Å². The lowest BCUT2D eigenvalue weighted by Crippen LogP contribution is -2.25. The minimum atomic E-state index is 0.0596. The predicted molar refractivity (Wildman–Crippen MR) is 76.7 cm³/mol. The van der Waals surface area contributed by atoms with Gasteiger partial charge in [-0.2, -0.15) is 0 Å². The Bertz CT molecular complexity index is 595. The molecule has 1 aliphatic heterocycles. The third-order valence-electron chi connectivity index (χ3n) is 3.62. The standard InChI is InChI=1S/C16H18N2O/c1-12-4-5-15-14(9-12)3-2-8-18(15)16-10-13(11-19)6-7-17-16/h4-7,9-10,19H,2-3,8,11H2,1H3. The molecule has 1 aliphatic rings. The van der Waals surface area contributed by atoms with Gasteiger partial charge >= 0.3 is 0 Å². The molecule has 0 aliphatic carbocycles. The van der Waals surface area contributed by atoms with Crippen molar-refractivity contribution in [3.63, 3.8) is 0 Å². The zero-order chi connectivity index (χ0) is 13.2. The highest BCUT2D eigenvalue weighted by Crippen LogP contribution is 2.33. The van der Waals surface area contributed by atoms with Gasteiger partial charge in [-0.3, -0.25) is 0 Å². The highest BCUT2D eigenvalue weighted by Gasteiger charge is 2.19. The summed E-state index contributed by atoms with van der Waals surface area (Å²) in [4.78, 5) is 6.69. The number of nitrogens with zero attached hydrogens (tertiary/aromatic N) is 2. The van der Waals surface area contributed by atoms with Crippen LogP contribution in [0.1, 0.15) is 23.1 Å². The first-order chi connectivity index (χ1) is 9.28. The largest absolute Gasteiger partial charge is 0.392 e. The highest BCUT2D eigenvalue weighted by molar-refractivity contribution is 5.66. The Labute approximate surface area is 113 Å². The second kappa shape index (κ2) is 5.02. The van der Waals surface area contributed by atoms with E-state index >= 15 is 0 Å². The molecule has 1 aromatic heterocycles. The van der Waals surface area contributed by atoms with Crippen LogP contribution in [0.15, 0.2) is 36.5 Å². The molecule has 98 valence electrons. The number of hydrogen-bond donors (Lipinski definition) is 1. The minimum Gasteiger partial charge on any atom is -0.392 e. The second-order valence-corrected chi connectivity index (χ2v) is 5.07. The molecule has 1 aromatic carbocycles. The first-order valence-electron chi connectivity index (χ1n) is 6.71. The van der Waals surface area contributed by atoms with Crippen LogP contribution in [-0.2, 0) is 13.0 Å². The van der Waals surface area contributed by atoms with E-state index in [4.69, 9.17) is 0 Å². The number of hydrogen-bond acceptors (Lipinski definition) is 3. The number of anilines is 2. The summed E-state index contributed by atoms with van der Waals surface area (Å²) >= 11 is 0. The molecule has 0 spiro atoms. The molecule has 2 heterocycles. The lowest BCUT2D eigenvalue weighted by molar-refractivity contribution is 0.281. The maximum atomic E-state index is 9.25. The average molecular weight is 254 g/mol. The van der Waals surface area contributed by atoms with E-state index in [0.29, 0.717) is 0 Å². The molecule has 0 saturated heterocycles. The molecule has 0 saturated carbocycles. The summed E-state index contributed by atoms with van der Waals surface area (Å²) < 4.78 is 0. The predicted octanol–water partition coefficient (Wildman–Crippen LogP) is 2.97. The van der Waals surface area contributed by atoms with Crippen LogP contribution in [0.25, 0.3) is 0 Å². The third kappa shape index (κ3) is 2.34. The average Bonchev–Trinajstić information content (AvgIpc) is 2.46. The summed E-state index contributed by atoms with van der Waals surface area (Å²) in [5.74, 6) is 0.927. The van der Waals surface area contributed by atoms with Crippen LogP contribution in [-0.4, -0.2) is 16.6 Å². The van der Waals surface area contributed by atoms with E-state index in [1.807, 2.05) is 12.1 Å². The molecule has 19 heavy (non-hydrogen) atoms. The number of pyridine rings is 1. The highest BCUT2D eigenvalue weighted by atomic mass is 16.3. The Morgan fingerprint density at radius 1 is 1.26 bits per heavy atom. The Morgan fingerprint density at radius 3 is 3.00 bits per heavy atom. The van der Waals surface area contributed by atoms with Gasteiger partial charge in [-0.15, -0.1) is 0 Å². The lowest BCUT2D eigenvalue weighted by atomic mass is 9.99. The lowest BCUT2D eigenvalue weighted by Gasteiger charge is -2.30. The maximum Gasteiger partial charge on any atom is 0.133 e. The van der Waals surface area contributed by atoms with Crippen LogP contribution < -0.4 is 4.90 Å². The summed E-state index contributed by atoms with van der Waals surface area (Å²) in [6, 6.07) is 10.4. The number of aliphatic hydroxyl groups is 1. The molecule has 0 radical (unpaired) electrons. The van der Waals surface area contributed by atoms with Gasteiger partial charge in [0.25, 0.3) is 0 Å². The van der Waals surface area contributed by atoms with Crippen molar-refractivity contribution in [1.82, 2.24) is 4.98 Å². The van der Waals surface area contributed by atoms with Crippen LogP contribution >= 0.6 is 0 Å². The molecular formula is C16H18N2O. The smallest absolute Gasteiger partial charge is 0.133 e. The Balaban J connectivity index is 2.03. The SMILES string of the molecule is Cc1ccc2c(c1)CCCN2c1cc(CO)ccn1. The number of aromatic nitrogens is 1. The van der Waals surface area contributed by atoms with Crippen LogP contribution in [0.5, 0.6) is 0 Å². The van der Waals surface area contributed by atoms with Crippen LogP contribution in [0.3, 0.4) is 0 Å². The summed E-state index contributed by atoms with van der Waals surface area (Å²) in [6.07, 6.45) is 4.04. The van der Waals surface area contributed by atoms with Gasteiger partial charge in [0.15, 0.2) is 0 Å². The van der Waals surface area contributed by atoms with E-state index in [0.717, 1.165) is 30.8 Å². The molecule has 2 aromatic rings. The van der Waals surface area contributed by atoms with Crippen molar-refractivity contribution in [2.24, 2.45) is 0 Å². The molecular weight excluding hydrogens is 236 g/mol. The monoisotopic (exact) mass is 254 g/mol. The normalized spacial score (nSPS) is 14.3. The Kier molecular flexibility index (Phi) is 3.22. The van der Waals surface area contributed by atoms with E-state index in [2.05, 4.69) is 35.0 Å². The molecule has 0 bridgehead atoms. The fraction of sp³-hybridized carbons (Fsp3) is 0.312. The van der Waals surface area contributed by atoms with Crippen molar-refractivity contribution in [2.75, 3.05) is 11.4 Å². The summed E-state index contributed by atoms with van der Waals surface area (Å²) in [5.41, 5.74) is 4.85. The number of rotatable bonds is 2. The van der Waals surface area contributed by atoms with Crippen molar-refractivity contribution in [3.8, 4) is 0 Å². The van der Waals surface area contributed by atoms with Gasteiger partial charge in [0.05, 0.1) is 6.61 Å². The summed E-state index contributed by atoms with van der Waals surface area (Å²) in [6.45, 7) is 3.17. The Morgan fingerprint density at radius 2 is 2.16 bits per heavy atom. The molecule has 3 heteroatoms. The fourth-order valence-corrected chi connectivity index (χ4v) is 2.67. The quantitative estimate of drug-likeness (QED) is 0.895. The first-order valence-corrected chi connectivity index (χ1v) is 6.71. The Hall–Kier alpha value is -1.87. The molecule has 0 unspecified atom stereocenters. The maximum absolute atomic E-state index is 9.25. The number of aliphatic hydroxyl groups excluding tert-OH is 1. The van der Waals surface area contributed by atoms with Crippen molar-refractivity contribution in [3.05, 3.63) is 53.2 Å². The zero-order valence-corrected chi connectivity index (χ0v) is 11.1. The molecule has 1 N–H and O–H groups in total. The molecule has 3 nitrogen and oxygen atoms in total. The summed E-state index contributed by atoms with van der Waals surface area (Å²) in [7, 11) is 0. The molecule has 0 amide bonds. The number of benzene rings is 1. The van der Waals surface area contributed by atoms with Gasteiger partial charge in [-0.1, -0.05) is 17.7 Å². The van der Waals surface area contributed by atoms with Crippen LogP contribution in [0.4, 0.5) is 11.5 Å². The van der Waals surface area contributed by atoms with Crippen molar-refractivity contribution in [2.45, 2.75) is 26.4 Å². The molecule has 0 atom stereocenters. The third-order valence-corrected chi connectivity index (χ3v) is 3.62. The minimum absolute atomic E-state index is 0.0596. The molecule has 0 fully saturated rings. The van der Waals surface area contributed by atoms with E-state index in [1.54, 1.807) is 6.20 Å². The van der Waals surface area contributed by atoms with Crippen LogP contribution in [0, 0.1) is 6.92 Å².